The Kier molecular flexibility index (Phi) is 8.10. The number of nitrogens with zero attached hydrogens (tertiary/aromatic N) is 1. The number of phosphoric acid groups is 3. The summed E-state index contributed by atoms with van der Waals surface area (Å²) in [6.07, 6.45) is -2.15. The van der Waals surface area contributed by atoms with Crippen molar-refractivity contribution in [1.29, 1.82) is 0 Å². The maximum atomic E-state index is 11.7. The molecule has 2 heterocycles. The largest absolute Gasteiger partial charge is 0.490 e. The van der Waals surface area contributed by atoms with Crippen LogP contribution in [0.3, 0.4) is 0 Å². The molecule has 1 aromatic heterocycles. The van der Waals surface area contributed by atoms with Crippen molar-refractivity contribution < 1.29 is 61.4 Å². The van der Waals surface area contributed by atoms with Crippen molar-refractivity contribution in [3.8, 4) is 0 Å². The maximum absolute atomic E-state index is 11.7. The summed E-state index contributed by atoms with van der Waals surface area (Å²) in [6.45, 7) is -0.832. The predicted molar refractivity (Wildman–Crippen MR) is 93.2 cm³/mol. The van der Waals surface area contributed by atoms with Gasteiger partial charge in [0.15, 0.2) is 0 Å². The fourth-order valence-electron chi connectivity index (χ4n) is 2.29. The molecule has 0 spiro atoms. The number of rotatable bonds is 10. The number of aliphatic hydroxyl groups excluding tert-OH is 2. The van der Waals surface area contributed by atoms with E-state index in [0.717, 1.165) is 0 Å². The molecule has 7 N–H and O–H groups in total. The summed E-state index contributed by atoms with van der Waals surface area (Å²) in [5.74, 6) is 0. The zero-order valence-electron chi connectivity index (χ0n) is 14.4. The fourth-order valence-corrected chi connectivity index (χ4v) is 5.32. The van der Waals surface area contributed by atoms with Crippen LogP contribution in [0.4, 0.5) is 5.69 Å². The second-order valence-corrected chi connectivity index (χ2v) is 10.1. The van der Waals surface area contributed by atoms with Crippen molar-refractivity contribution in [3.63, 3.8) is 0 Å². The molecular formula is C11H19N2O13P3. The molecule has 15 nitrogen and oxygen atoms in total. The van der Waals surface area contributed by atoms with Gasteiger partial charge in [-0.05, 0) is 12.1 Å². The number of phosphoric ester groups is 1. The first-order valence-electron chi connectivity index (χ1n) is 7.72. The van der Waals surface area contributed by atoms with Gasteiger partial charge in [0.2, 0.25) is 0 Å². The van der Waals surface area contributed by atoms with Gasteiger partial charge >= 0.3 is 23.5 Å². The van der Waals surface area contributed by atoms with E-state index >= 15 is 0 Å². The SMILES string of the molecule is O=P(O)(O)OP(=O)(O)OP(=O)(O)OC[C@H]1O[C@@H](CNc2cccnc2)[C@H](O)[C@@H]1O. The zero-order chi connectivity index (χ0) is 21.9. The lowest BCUT2D eigenvalue weighted by Crippen LogP contribution is -2.36. The Bertz CT molecular complexity index is 819. The van der Waals surface area contributed by atoms with E-state index in [1.807, 2.05) is 0 Å². The highest BCUT2D eigenvalue weighted by atomic mass is 31.3. The topological polar surface area (TPSA) is 234 Å². The number of hydrogen-bond donors (Lipinski definition) is 7. The van der Waals surface area contributed by atoms with E-state index in [1.165, 1.54) is 6.20 Å². The van der Waals surface area contributed by atoms with Crippen LogP contribution in [0.15, 0.2) is 24.5 Å². The summed E-state index contributed by atoms with van der Waals surface area (Å²) < 4.78 is 50.3. The molecule has 1 aromatic rings. The third-order valence-electron chi connectivity index (χ3n) is 3.45. The molecule has 0 amide bonds. The van der Waals surface area contributed by atoms with Gasteiger partial charge in [0.1, 0.15) is 24.4 Å². The number of aliphatic hydroxyl groups is 2. The average Bonchev–Trinajstić information content (AvgIpc) is 2.84. The van der Waals surface area contributed by atoms with Gasteiger partial charge in [-0.3, -0.25) is 9.51 Å². The number of ether oxygens (including phenoxy) is 1. The van der Waals surface area contributed by atoms with E-state index in [4.69, 9.17) is 19.4 Å². The van der Waals surface area contributed by atoms with Crippen molar-refractivity contribution in [1.82, 2.24) is 4.98 Å². The molecular weight excluding hydrogens is 461 g/mol. The van der Waals surface area contributed by atoms with Crippen LogP contribution >= 0.6 is 23.5 Å². The summed E-state index contributed by atoms with van der Waals surface area (Å²) in [7, 11) is -16.5. The smallest absolute Gasteiger partial charge is 0.388 e. The minimum absolute atomic E-state index is 0.0374. The molecule has 0 aliphatic carbocycles. The summed E-state index contributed by atoms with van der Waals surface area (Å²) in [6, 6.07) is 3.35. The van der Waals surface area contributed by atoms with Crippen molar-refractivity contribution in [2.75, 3.05) is 18.5 Å². The van der Waals surface area contributed by atoms with E-state index in [0.29, 0.717) is 5.69 Å². The standard InChI is InChI=1S/C11H19N2O13P3/c14-10-8(5-13-7-2-1-3-12-4-7)24-9(11(10)15)6-23-28(19,20)26-29(21,22)25-27(16,17)18/h1-4,8-11,13-15H,5-6H2,(H,19,20)(H,21,22)(H2,16,17,18)/t8-,9+,10-,11+/m0/s1. The molecule has 166 valence electrons. The fraction of sp³-hybridized carbons (Fsp3) is 0.545. The van der Waals surface area contributed by atoms with Gasteiger partial charge < -0.3 is 39.8 Å². The summed E-state index contributed by atoms with van der Waals surface area (Å²) in [4.78, 5) is 39.2. The molecule has 29 heavy (non-hydrogen) atoms. The van der Waals surface area contributed by atoms with Gasteiger partial charge in [-0.25, -0.2) is 13.7 Å². The number of hydrogen-bond acceptors (Lipinski definition) is 11. The lowest BCUT2D eigenvalue weighted by atomic mass is 10.1. The van der Waals surface area contributed by atoms with Crippen LogP contribution in [0.2, 0.25) is 0 Å². The Balaban J connectivity index is 1.88. The van der Waals surface area contributed by atoms with Crippen LogP contribution in [-0.2, 0) is 31.6 Å². The van der Waals surface area contributed by atoms with E-state index in [1.54, 1.807) is 18.3 Å². The molecule has 0 radical (unpaired) electrons. The quantitative estimate of drug-likeness (QED) is 0.206. The molecule has 0 aromatic carbocycles. The van der Waals surface area contributed by atoms with E-state index in [-0.39, 0.29) is 6.54 Å². The van der Waals surface area contributed by atoms with Crippen LogP contribution in [0.1, 0.15) is 0 Å². The average molecular weight is 480 g/mol. The minimum atomic E-state index is -5.65. The third kappa shape index (κ3) is 8.12. The van der Waals surface area contributed by atoms with Gasteiger partial charge in [0.25, 0.3) is 0 Å². The first-order chi connectivity index (χ1) is 13.3. The third-order valence-corrected chi connectivity index (χ3v) is 7.25. The highest BCUT2D eigenvalue weighted by molar-refractivity contribution is 7.66. The Labute approximate surface area is 163 Å². The van der Waals surface area contributed by atoms with Crippen LogP contribution in [0.25, 0.3) is 0 Å². The lowest BCUT2D eigenvalue weighted by Gasteiger charge is -2.19. The van der Waals surface area contributed by atoms with Gasteiger partial charge in [-0.2, -0.15) is 8.62 Å². The summed E-state index contributed by atoms with van der Waals surface area (Å²) in [5.41, 5.74) is 0.606. The van der Waals surface area contributed by atoms with Crippen molar-refractivity contribution >= 4 is 29.2 Å². The van der Waals surface area contributed by atoms with Crippen LogP contribution < -0.4 is 5.32 Å². The monoisotopic (exact) mass is 480 g/mol. The first kappa shape index (κ1) is 24.5. The second kappa shape index (κ2) is 9.58. The Morgan fingerprint density at radius 1 is 1.03 bits per heavy atom. The van der Waals surface area contributed by atoms with Crippen LogP contribution in [-0.4, -0.2) is 72.3 Å². The first-order valence-corrected chi connectivity index (χ1v) is 12.2. The molecule has 2 rings (SSSR count). The van der Waals surface area contributed by atoms with E-state index < -0.39 is 54.5 Å². The van der Waals surface area contributed by atoms with Crippen molar-refractivity contribution in [2.45, 2.75) is 24.4 Å². The normalized spacial score (nSPS) is 29.2. The van der Waals surface area contributed by atoms with E-state index in [2.05, 4.69) is 23.4 Å². The number of nitrogens with one attached hydrogen (secondary N) is 1. The highest BCUT2D eigenvalue weighted by Gasteiger charge is 2.45. The molecule has 1 aliphatic heterocycles. The maximum Gasteiger partial charge on any atom is 0.490 e. The summed E-state index contributed by atoms with van der Waals surface area (Å²) in [5, 5.41) is 22.9. The van der Waals surface area contributed by atoms with Crippen LogP contribution in [0.5, 0.6) is 0 Å². The zero-order valence-corrected chi connectivity index (χ0v) is 17.0. The molecule has 1 aliphatic rings. The van der Waals surface area contributed by atoms with Crippen LogP contribution in [0, 0.1) is 0 Å². The highest BCUT2D eigenvalue weighted by Crippen LogP contribution is 2.66. The Hall–Kier alpha value is -0.760. The van der Waals surface area contributed by atoms with Crippen molar-refractivity contribution in [3.05, 3.63) is 24.5 Å². The molecule has 2 unspecified atom stereocenters. The number of aromatic nitrogens is 1. The van der Waals surface area contributed by atoms with E-state index in [9.17, 15) is 28.8 Å². The molecule has 6 atom stereocenters. The minimum Gasteiger partial charge on any atom is -0.388 e. The Morgan fingerprint density at radius 3 is 2.28 bits per heavy atom. The number of pyridine rings is 1. The molecule has 1 fully saturated rings. The number of anilines is 1. The summed E-state index contributed by atoms with van der Waals surface area (Å²) >= 11 is 0. The second-order valence-electron chi connectivity index (χ2n) is 5.70. The van der Waals surface area contributed by atoms with Gasteiger partial charge in [0, 0.05) is 18.9 Å². The predicted octanol–water partition coefficient (Wildman–Crippen LogP) is -0.674. The molecule has 18 heteroatoms. The molecule has 1 saturated heterocycles. The van der Waals surface area contributed by atoms with Gasteiger partial charge in [0.05, 0.1) is 12.3 Å². The molecule has 0 saturated carbocycles. The van der Waals surface area contributed by atoms with Gasteiger partial charge in [-0.15, -0.1) is 0 Å². The van der Waals surface area contributed by atoms with Crippen molar-refractivity contribution in [2.24, 2.45) is 0 Å². The Morgan fingerprint density at radius 2 is 1.69 bits per heavy atom. The van der Waals surface area contributed by atoms with Gasteiger partial charge in [-0.1, -0.05) is 0 Å². The lowest BCUT2D eigenvalue weighted by molar-refractivity contribution is -0.0180. The molecule has 0 bridgehead atoms.